The third-order valence-corrected chi connectivity index (χ3v) is 1.27. The Morgan fingerprint density at radius 3 is 2.21 bits per heavy atom. The molecule has 14 heavy (non-hydrogen) atoms. The lowest BCUT2D eigenvalue weighted by molar-refractivity contribution is -0.165. The molecule has 0 radical (unpaired) electrons. The molecule has 0 aliphatic carbocycles. The highest BCUT2D eigenvalue weighted by Gasteiger charge is 2.37. The molecule has 0 atom stereocenters. The molecule has 0 saturated carbocycles. The van der Waals surface area contributed by atoms with Crippen LogP contribution in [0.5, 0.6) is 0 Å². The van der Waals surface area contributed by atoms with Crippen molar-refractivity contribution in [1.82, 2.24) is 4.90 Å². The van der Waals surface area contributed by atoms with Gasteiger partial charge in [-0.25, -0.2) is 0 Å². The van der Waals surface area contributed by atoms with Crippen LogP contribution < -0.4 is 0 Å². The quantitative estimate of drug-likeness (QED) is 0.522. The van der Waals surface area contributed by atoms with Gasteiger partial charge in [0, 0.05) is 14.1 Å². The number of allylic oxidation sites excluding steroid dienone is 1. The average Bonchev–Trinajstić information content (AvgIpc) is 2.01. The Morgan fingerprint density at radius 1 is 1.43 bits per heavy atom. The van der Waals surface area contributed by atoms with E-state index in [1.165, 1.54) is 19.0 Å². The summed E-state index contributed by atoms with van der Waals surface area (Å²) in [6.45, 7) is 1.82. The molecule has 0 aromatic heterocycles. The van der Waals surface area contributed by atoms with E-state index >= 15 is 0 Å². The van der Waals surface area contributed by atoms with Gasteiger partial charge in [0.1, 0.15) is 0 Å². The third-order valence-electron chi connectivity index (χ3n) is 1.27. The molecule has 6 heteroatoms. The number of carbonyl (C=O) groups excluding carboxylic acids is 1. The summed E-state index contributed by atoms with van der Waals surface area (Å²) in [4.78, 5) is 11.8. The second kappa shape index (κ2) is 4.88. The van der Waals surface area contributed by atoms with Crippen LogP contribution in [0.25, 0.3) is 0 Å². The first-order chi connectivity index (χ1) is 6.29. The molecule has 0 unspecified atom stereocenters. The maximum atomic E-state index is 11.8. The summed E-state index contributed by atoms with van der Waals surface area (Å²) >= 11 is 0. The predicted octanol–water partition coefficient (Wildman–Crippen LogP) is 1.56. The largest absolute Gasteiger partial charge is 0.479 e. The Hall–Kier alpha value is -1.20. The van der Waals surface area contributed by atoms with Gasteiger partial charge in [-0.15, -0.1) is 0 Å². The van der Waals surface area contributed by atoms with Crippen molar-refractivity contribution in [3.63, 3.8) is 0 Å². The fourth-order valence-corrected chi connectivity index (χ4v) is 0.642. The fourth-order valence-electron chi connectivity index (χ4n) is 0.642. The number of ether oxygens (including phenoxy) is 1. The van der Waals surface area contributed by atoms with Gasteiger partial charge in [-0.05, 0) is 6.92 Å². The third kappa shape index (κ3) is 4.15. The summed E-state index contributed by atoms with van der Waals surface area (Å²) in [7, 11) is 2.98. The van der Waals surface area contributed by atoms with Crippen molar-refractivity contribution < 1.29 is 22.7 Å². The van der Waals surface area contributed by atoms with E-state index in [0.29, 0.717) is 6.08 Å². The number of hydrogen-bond acceptors (Lipinski definition) is 3. The van der Waals surface area contributed by atoms with Crippen molar-refractivity contribution in [2.75, 3.05) is 20.7 Å². The number of hydrogen-bond donors (Lipinski definition) is 0. The summed E-state index contributed by atoms with van der Waals surface area (Å²) < 4.78 is 40.4. The minimum absolute atomic E-state index is 0.102. The number of nitrogens with zero attached hydrogens (tertiary/aromatic N) is 1. The van der Waals surface area contributed by atoms with E-state index in [1.54, 1.807) is 6.92 Å². The van der Waals surface area contributed by atoms with Crippen molar-refractivity contribution in [3.05, 3.63) is 12.0 Å². The minimum atomic E-state index is -4.85. The van der Waals surface area contributed by atoms with E-state index in [4.69, 9.17) is 4.74 Å². The molecule has 0 fully saturated rings. The predicted molar refractivity (Wildman–Crippen MR) is 44.5 cm³/mol. The molecule has 0 rings (SSSR count). The fraction of sp³-hybridized carbons (Fsp3) is 0.625. The summed E-state index contributed by atoms with van der Waals surface area (Å²) in [6, 6.07) is 0. The second-order valence-electron chi connectivity index (χ2n) is 2.67. The number of halogens is 3. The highest BCUT2D eigenvalue weighted by molar-refractivity contribution is 5.94. The number of carbonyl (C=O) groups is 1. The van der Waals surface area contributed by atoms with Crippen LogP contribution in [0.15, 0.2) is 12.0 Å². The van der Waals surface area contributed by atoms with Crippen LogP contribution in [0.4, 0.5) is 13.2 Å². The van der Waals surface area contributed by atoms with Gasteiger partial charge in [-0.2, -0.15) is 13.2 Å². The van der Waals surface area contributed by atoms with E-state index in [9.17, 15) is 18.0 Å². The van der Waals surface area contributed by atoms with E-state index in [2.05, 4.69) is 0 Å². The summed E-state index contributed by atoms with van der Waals surface area (Å²) in [5.74, 6) is -2.02. The standard InChI is InChI=1S/C8H12F3NO2/c1-4-14-7(12(2)3)5-6(13)8(9,10)11/h5H,4H2,1-3H3. The molecule has 0 amide bonds. The molecule has 0 N–H and O–H groups in total. The molecule has 0 aliphatic rings. The van der Waals surface area contributed by atoms with Gasteiger partial charge in [-0.1, -0.05) is 0 Å². The van der Waals surface area contributed by atoms with Crippen LogP contribution in [0.3, 0.4) is 0 Å². The van der Waals surface area contributed by atoms with Crippen LogP contribution in [0, 0.1) is 0 Å². The molecule has 82 valence electrons. The normalized spacial score (nSPS) is 12.6. The highest BCUT2D eigenvalue weighted by atomic mass is 19.4. The van der Waals surface area contributed by atoms with Gasteiger partial charge in [0.05, 0.1) is 12.7 Å². The first kappa shape index (κ1) is 12.8. The van der Waals surface area contributed by atoms with E-state index < -0.39 is 12.0 Å². The molecule has 0 aliphatic heterocycles. The van der Waals surface area contributed by atoms with Crippen LogP contribution in [-0.4, -0.2) is 37.6 Å². The maximum absolute atomic E-state index is 11.8. The zero-order chi connectivity index (χ0) is 11.4. The maximum Gasteiger partial charge on any atom is 0.454 e. The first-order valence-electron chi connectivity index (χ1n) is 3.92. The van der Waals surface area contributed by atoms with Crippen LogP contribution in [0.2, 0.25) is 0 Å². The monoisotopic (exact) mass is 211 g/mol. The van der Waals surface area contributed by atoms with Gasteiger partial charge in [-0.3, -0.25) is 4.79 Å². The summed E-state index contributed by atoms with van der Waals surface area (Å²) in [5, 5.41) is 0. The topological polar surface area (TPSA) is 29.5 Å². The van der Waals surface area contributed by atoms with Crippen molar-refractivity contribution >= 4 is 5.78 Å². The zero-order valence-electron chi connectivity index (χ0n) is 8.18. The van der Waals surface area contributed by atoms with Crippen LogP contribution in [0.1, 0.15) is 6.92 Å². The molecule has 0 saturated heterocycles. The van der Waals surface area contributed by atoms with Crippen molar-refractivity contribution in [3.8, 4) is 0 Å². The van der Waals surface area contributed by atoms with Crippen molar-refractivity contribution in [2.45, 2.75) is 13.1 Å². The molecule has 0 heterocycles. The SMILES string of the molecule is CCOC(=CC(=O)C(F)(F)F)N(C)C. The Labute approximate surface area is 80.1 Å². The number of rotatable bonds is 4. The second-order valence-corrected chi connectivity index (χ2v) is 2.67. The molecule has 3 nitrogen and oxygen atoms in total. The Bertz CT molecular complexity index is 233. The van der Waals surface area contributed by atoms with Crippen molar-refractivity contribution in [2.24, 2.45) is 0 Å². The molecule has 0 aromatic carbocycles. The number of alkyl halides is 3. The lowest BCUT2D eigenvalue weighted by Gasteiger charge is -2.16. The summed E-state index contributed by atoms with van der Waals surface area (Å²) in [6.07, 6.45) is -4.41. The van der Waals surface area contributed by atoms with Crippen LogP contribution in [-0.2, 0) is 9.53 Å². The van der Waals surface area contributed by atoms with Gasteiger partial charge >= 0.3 is 6.18 Å². The van der Waals surface area contributed by atoms with Crippen molar-refractivity contribution in [1.29, 1.82) is 0 Å². The Kier molecular flexibility index (Phi) is 4.46. The van der Waals surface area contributed by atoms with Gasteiger partial charge in [0.2, 0.25) is 0 Å². The Balaban J connectivity index is 4.66. The van der Waals surface area contributed by atoms with Gasteiger partial charge < -0.3 is 9.64 Å². The van der Waals surface area contributed by atoms with Gasteiger partial charge in [0.25, 0.3) is 5.78 Å². The van der Waals surface area contributed by atoms with Gasteiger partial charge in [0.15, 0.2) is 5.88 Å². The average molecular weight is 211 g/mol. The highest BCUT2D eigenvalue weighted by Crippen LogP contribution is 2.18. The van der Waals surface area contributed by atoms with Crippen LogP contribution >= 0.6 is 0 Å². The van der Waals surface area contributed by atoms with E-state index in [1.807, 2.05) is 0 Å². The van der Waals surface area contributed by atoms with E-state index in [-0.39, 0.29) is 12.5 Å². The molecule has 0 spiro atoms. The smallest absolute Gasteiger partial charge is 0.454 e. The van der Waals surface area contributed by atoms with E-state index in [0.717, 1.165) is 0 Å². The molecular formula is C8H12F3NO2. The molecule has 0 aromatic rings. The molecular weight excluding hydrogens is 199 g/mol. The first-order valence-corrected chi connectivity index (χ1v) is 3.92. The molecule has 0 bridgehead atoms. The lowest BCUT2D eigenvalue weighted by atomic mass is 10.3. The summed E-state index contributed by atoms with van der Waals surface area (Å²) in [5.41, 5.74) is 0. The minimum Gasteiger partial charge on any atom is -0.479 e. The Morgan fingerprint density at radius 2 is 1.93 bits per heavy atom. The number of ketones is 1. The zero-order valence-corrected chi connectivity index (χ0v) is 8.18. The lowest BCUT2D eigenvalue weighted by Crippen LogP contribution is -2.23.